The van der Waals surface area contributed by atoms with Crippen molar-refractivity contribution in [2.75, 3.05) is 27.7 Å². The van der Waals surface area contributed by atoms with Crippen molar-refractivity contribution in [2.24, 2.45) is 5.73 Å². The van der Waals surface area contributed by atoms with Gasteiger partial charge in [0.2, 0.25) is 5.88 Å². The summed E-state index contributed by atoms with van der Waals surface area (Å²) >= 11 is 6.44. The molecule has 7 nitrogen and oxygen atoms in total. The summed E-state index contributed by atoms with van der Waals surface area (Å²) in [7, 11) is 5.13. The third-order valence-electron chi connectivity index (χ3n) is 4.96. The lowest BCUT2D eigenvalue weighted by Crippen LogP contribution is -2.36. The van der Waals surface area contributed by atoms with Crippen LogP contribution in [0, 0.1) is 6.92 Å². The molecule has 0 fully saturated rings. The quantitative estimate of drug-likeness (QED) is 0.751. The second kappa shape index (κ2) is 8.31. The lowest BCUT2D eigenvalue weighted by atomic mass is 9.83. The highest BCUT2D eigenvalue weighted by Crippen LogP contribution is 2.43. The summed E-state index contributed by atoms with van der Waals surface area (Å²) in [5, 5.41) is 0.416. The van der Waals surface area contributed by atoms with Crippen LogP contribution in [0.3, 0.4) is 0 Å². The van der Waals surface area contributed by atoms with Gasteiger partial charge >= 0.3 is 5.97 Å². The van der Waals surface area contributed by atoms with Crippen molar-refractivity contribution in [3.63, 3.8) is 0 Å². The van der Waals surface area contributed by atoms with Crippen LogP contribution in [0.2, 0.25) is 5.02 Å². The molecule has 1 aromatic heterocycles. The average molecular weight is 418 g/mol. The van der Waals surface area contributed by atoms with E-state index in [4.69, 9.17) is 26.8 Å². The van der Waals surface area contributed by atoms with Gasteiger partial charge in [0.1, 0.15) is 11.3 Å². The molecule has 2 heterocycles. The van der Waals surface area contributed by atoms with E-state index >= 15 is 0 Å². The smallest absolute Gasteiger partial charge is 0.340 e. The van der Waals surface area contributed by atoms with Crippen molar-refractivity contribution >= 4 is 17.6 Å². The molecule has 0 bridgehead atoms. The Bertz CT molecular complexity index is 1040. The van der Waals surface area contributed by atoms with Gasteiger partial charge in [-0.15, -0.1) is 0 Å². The molecule has 1 aromatic carbocycles. The highest BCUT2D eigenvalue weighted by molar-refractivity contribution is 6.31. The van der Waals surface area contributed by atoms with Crippen molar-refractivity contribution in [1.82, 2.24) is 9.47 Å². The average Bonchev–Trinajstić information content (AvgIpc) is 2.66. The van der Waals surface area contributed by atoms with Gasteiger partial charge in [0.05, 0.1) is 18.6 Å². The summed E-state index contributed by atoms with van der Waals surface area (Å²) in [6.45, 7) is 3.01. The molecule has 0 radical (unpaired) electrons. The van der Waals surface area contributed by atoms with Crippen LogP contribution in [-0.4, -0.2) is 43.2 Å². The third kappa shape index (κ3) is 3.88. The summed E-state index contributed by atoms with van der Waals surface area (Å²) in [6, 6.07) is 8.80. The SMILES string of the molecule is COC(=O)C1=C(N)Oc2cc(C)n(CCN(C)C)c(=O)c2C1c1ccccc1Cl. The normalized spacial score (nSPS) is 15.9. The second-order valence-electron chi connectivity index (χ2n) is 7.15. The first-order valence-corrected chi connectivity index (χ1v) is 9.53. The third-order valence-corrected chi connectivity index (χ3v) is 5.31. The van der Waals surface area contributed by atoms with Gasteiger partial charge < -0.3 is 24.7 Å². The predicted octanol–water partition coefficient (Wildman–Crippen LogP) is 2.24. The molecule has 0 saturated carbocycles. The molecule has 1 unspecified atom stereocenters. The number of halogens is 1. The number of carbonyl (C=O) groups is 1. The molecule has 3 rings (SSSR count). The van der Waals surface area contributed by atoms with Gasteiger partial charge in [-0.25, -0.2) is 4.79 Å². The Morgan fingerprint density at radius 1 is 1.34 bits per heavy atom. The standard InChI is InChI=1S/C21H24ClN3O4/c1-12-11-15-17(20(26)25(12)10-9-24(2)3)16(13-7-5-6-8-14(13)22)18(19(23)29-15)21(27)28-4/h5-8,11,16H,9-10,23H2,1-4H3. The van der Waals surface area contributed by atoms with Crippen LogP contribution in [-0.2, 0) is 16.1 Å². The van der Waals surface area contributed by atoms with E-state index in [1.165, 1.54) is 7.11 Å². The number of nitrogens with two attached hydrogens (primary N) is 1. The van der Waals surface area contributed by atoms with Crippen molar-refractivity contribution in [3.8, 4) is 5.75 Å². The molecule has 1 aliphatic heterocycles. The minimum atomic E-state index is -0.793. The topological polar surface area (TPSA) is 86.8 Å². The molecule has 8 heteroatoms. The van der Waals surface area contributed by atoms with E-state index in [1.807, 2.05) is 25.9 Å². The van der Waals surface area contributed by atoms with E-state index in [0.717, 1.165) is 5.69 Å². The van der Waals surface area contributed by atoms with Gasteiger partial charge in [-0.3, -0.25) is 4.79 Å². The Hall–Kier alpha value is -2.77. The Kier molecular flexibility index (Phi) is 6.00. The molecule has 2 aromatic rings. The molecule has 154 valence electrons. The van der Waals surface area contributed by atoms with Gasteiger partial charge in [-0.1, -0.05) is 29.8 Å². The molecule has 0 spiro atoms. The molecule has 0 aliphatic carbocycles. The zero-order chi connectivity index (χ0) is 21.3. The van der Waals surface area contributed by atoms with Crippen LogP contribution >= 0.6 is 11.6 Å². The van der Waals surface area contributed by atoms with E-state index in [2.05, 4.69) is 0 Å². The zero-order valence-corrected chi connectivity index (χ0v) is 17.6. The number of aromatic nitrogens is 1. The van der Waals surface area contributed by atoms with Crippen LogP contribution in [0.5, 0.6) is 5.75 Å². The van der Waals surface area contributed by atoms with E-state index in [1.54, 1.807) is 34.9 Å². The number of rotatable bonds is 5. The number of carbonyl (C=O) groups excluding carboxylic acids is 1. The fourth-order valence-electron chi connectivity index (χ4n) is 3.49. The minimum Gasteiger partial charge on any atom is -0.465 e. The Balaban J connectivity index is 2.29. The number of methoxy groups -OCH3 is 1. The fourth-order valence-corrected chi connectivity index (χ4v) is 3.74. The molecule has 0 saturated heterocycles. The van der Waals surface area contributed by atoms with Crippen LogP contribution in [0.15, 0.2) is 46.6 Å². The number of nitrogens with zero attached hydrogens (tertiary/aromatic N) is 2. The summed E-state index contributed by atoms with van der Waals surface area (Å²) in [5.74, 6) is -1.24. The monoisotopic (exact) mass is 417 g/mol. The highest BCUT2D eigenvalue weighted by atomic mass is 35.5. The van der Waals surface area contributed by atoms with Crippen LogP contribution in [0.4, 0.5) is 0 Å². The Morgan fingerprint density at radius 3 is 2.66 bits per heavy atom. The number of aryl methyl sites for hydroxylation is 1. The minimum absolute atomic E-state index is 0.0632. The lowest BCUT2D eigenvalue weighted by molar-refractivity contribution is -0.136. The number of fused-ring (bicyclic) bond motifs is 1. The lowest BCUT2D eigenvalue weighted by Gasteiger charge is -2.29. The van der Waals surface area contributed by atoms with Crippen molar-refractivity contribution in [1.29, 1.82) is 0 Å². The van der Waals surface area contributed by atoms with Crippen molar-refractivity contribution in [2.45, 2.75) is 19.4 Å². The van der Waals surface area contributed by atoms with Crippen LogP contribution in [0.25, 0.3) is 0 Å². The number of hydrogen-bond donors (Lipinski definition) is 1. The van der Waals surface area contributed by atoms with Gasteiger partial charge in [0.15, 0.2) is 0 Å². The van der Waals surface area contributed by atoms with Gasteiger partial charge in [0.25, 0.3) is 5.56 Å². The molecule has 1 aliphatic rings. The van der Waals surface area contributed by atoms with E-state index in [0.29, 0.717) is 35.0 Å². The first-order chi connectivity index (χ1) is 13.8. The van der Waals surface area contributed by atoms with Crippen molar-refractivity contribution in [3.05, 3.63) is 74.0 Å². The van der Waals surface area contributed by atoms with Crippen LogP contribution in [0.1, 0.15) is 22.7 Å². The molecule has 29 heavy (non-hydrogen) atoms. The second-order valence-corrected chi connectivity index (χ2v) is 7.56. The number of esters is 1. The largest absolute Gasteiger partial charge is 0.465 e. The summed E-state index contributed by atoms with van der Waals surface area (Å²) in [4.78, 5) is 28.1. The maximum Gasteiger partial charge on any atom is 0.340 e. The number of benzene rings is 1. The number of hydrogen-bond acceptors (Lipinski definition) is 6. The molecule has 0 amide bonds. The Morgan fingerprint density at radius 2 is 2.03 bits per heavy atom. The maximum absolute atomic E-state index is 13.5. The number of ether oxygens (including phenoxy) is 2. The first kappa shape index (κ1) is 21.0. The van der Waals surface area contributed by atoms with Crippen LogP contribution < -0.4 is 16.0 Å². The number of likely N-dealkylation sites (N-methyl/N-ethyl adjacent to an activating group) is 1. The van der Waals surface area contributed by atoms with Crippen molar-refractivity contribution < 1.29 is 14.3 Å². The maximum atomic E-state index is 13.5. The molecular weight excluding hydrogens is 394 g/mol. The van der Waals surface area contributed by atoms with Gasteiger partial charge in [-0.2, -0.15) is 0 Å². The van der Waals surface area contributed by atoms with E-state index < -0.39 is 11.9 Å². The van der Waals surface area contributed by atoms with Gasteiger partial charge in [-0.05, 0) is 32.6 Å². The summed E-state index contributed by atoms with van der Waals surface area (Å²) < 4.78 is 12.3. The van der Waals surface area contributed by atoms with E-state index in [9.17, 15) is 9.59 Å². The highest BCUT2D eigenvalue weighted by Gasteiger charge is 2.39. The zero-order valence-electron chi connectivity index (χ0n) is 16.9. The molecule has 2 N–H and O–H groups in total. The summed E-state index contributed by atoms with van der Waals surface area (Å²) in [6.07, 6.45) is 0. The molecular formula is C21H24ClN3O4. The predicted molar refractivity (Wildman–Crippen MR) is 111 cm³/mol. The molecule has 1 atom stereocenters. The van der Waals surface area contributed by atoms with E-state index in [-0.39, 0.29) is 17.0 Å². The van der Waals surface area contributed by atoms with Gasteiger partial charge in [0, 0.05) is 29.9 Å². The Labute approximate surface area is 174 Å². The fraction of sp³-hybridized carbons (Fsp3) is 0.333. The summed E-state index contributed by atoms with van der Waals surface area (Å²) in [5.41, 5.74) is 7.54. The number of pyridine rings is 1. The first-order valence-electron chi connectivity index (χ1n) is 9.15.